The van der Waals surface area contributed by atoms with Gasteiger partial charge in [0.05, 0.1) is 23.5 Å². The highest BCUT2D eigenvalue weighted by molar-refractivity contribution is 7.71. The van der Waals surface area contributed by atoms with Crippen molar-refractivity contribution in [2.75, 3.05) is 5.73 Å². The van der Waals surface area contributed by atoms with Gasteiger partial charge in [-0.25, -0.2) is 0 Å². The van der Waals surface area contributed by atoms with Crippen LogP contribution < -0.4 is 5.73 Å². The monoisotopic (exact) mass is 325 g/mol. The van der Waals surface area contributed by atoms with Crippen molar-refractivity contribution >= 4 is 18.0 Å². The zero-order valence-electron chi connectivity index (χ0n) is 13.5. The predicted molar refractivity (Wildman–Crippen MR) is 93.0 cm³/mol. The minimum absolute atomic E-state index is 0.318. The number of benzene rings is 1. The van der Waals surface area contributed by atoms with Crippen molar-refractivity contribution in [1.82, 2.24) is 4.57 Å². The van der Waals surface area contributed by atoms with Gasteiger partial charge in [0, 0.05) is 12.0 Å². The van der Waals surface area contributed by atoms with Crippen LogP contribution in [0.4, 0.5) is 5.82 Å². The van der Waals surface area contributed by atoms with Crippen molar-refractivity contribution in [1.29, 1.82) is 5.26 Å². The molecule has 1 aliphatic rings. The second-order valence-electron chi connectivity index (χ2n) is 6.48. The van der Waals surface area contributed by atoms with Crippen LogP contribution in [0.25, 0.3) is 5.69 Å². The summed E-state index contributed by atoms with van der Waals surface area (Å²) in [6.45, 7) is 6.43. The Balaban J connectivity index is 2.36. The van der Waals surface area contributed by atoms with Crippen molar-refractivity contribution in [3.63, 3.8) is 0 Å². The van der Waals surface area contributed by atoms with Crippen molar-refractivity contribution < 1.29 is 4.74 Å². The van der Waals surface area contributed by atoms with Crippen molar-refractivity contribution in [2.45, 2.75) is 39.4 Å². The van der Waals surface area contributed by atoms with Crippen LogP contribution in [0.5, 0.6) is 0 Å². The normalized spacial score (nSPS) is 15.7. The topological polar surface area (TPSA) is 64.0 Å². The summed E-state index contributed by atoms with van der Waals surface area (Å²) in [5, 5.41) is 9.66. The third kappa shape index (κ3) is 2.54. The van der Waals surface area contributed by atoms with E-state index in [1.54, 1.807) is 4.57 Å². The number of pyridine rings is 1. The van der Waals surface area contributed by atoms with Crippen LogP contribution >= 0.6 is 12.2 Å². The van der Waals surface area contributed by atoms with Crippen LogP contribution in [0.15, 0.2) is 24.3 Å². The van der Waals surface area contributed by atoms with Crippen LogP contribution in [-0.2, 0) is 17.8 Å². The SMILES string of the molecule is Cc1ccccc1-n1c(N)c(C#N)c2c(c1=S)COC(C)(C)C2. The fourth-order valence-electron chi connectivity index (χ4n) is 3.06. The van der Waals surface area contributed by atoms with Gasteiger partial charge in [-0.2, -0.15) is 5.26 Å². The summed E-state index contributed by atoms with van der Waals surface area (Å²) in [6.07, 6.45) is 0.633. The highest BCUT2D eigenvalue weighted by Gasteiger charge is 2.31. The minimum atomic E-state index is -0.318. The first-order valence-corrected chi connectivity index (χ1v) is 7.93. The number of para-hydroxylation sites is 1. The molecule has 0 bridgehead atoms. The number of fused-ring (bicyclic) bond motifs is 1. The van der Waals surface area contributed by atoms with Gasteiger partial charge in [-0.1, -0.05) is 30.4 Å². The zero-order chi connectivity index (χ0) is 16.8. The largest absolute Gasteiger partial charge is 0.384 e. The summed E-state index contributed by atoms with van der Waals surface area (Å²) < 4.78 is 8.32. The van der Waals surface area contributed by atoms with Crippen LogP contribution in [0, 0.1) is 22.9 Å². The number of nitrogen functional groups attached to an aromatic ring is 1. The van der Waals surface area contributed by atoms with Gasteiger partial charge in [-0.15, -0.1) is 0 Å². The van der Waals surface area contributed by atoms with Gasteiger partial charge < -0.3 is 10.5 Å². The Labute approximate surface area is 141 Å². The summed E-state index contributed by atoms with van der Waals surface area (Å²) >= 11 is 5.68. The maximum absolute atomic E-state index is 9.66. The number of rotatable bonds is 1. The maximum Gasteiger partial charge on any atom is 0.127 e. The van der Waals surface area contributed by atoms with Crippen LogP contribution in [-0.4, -0.2) is 10.2 Å². The van der Waals surface area contributed by atoms with Gasteiger partial charge in [0.2, 0.25) is 0 Å². The molecule has 2 aromatic rings. The summed E-state index contributed by atoms with van der Waals surface area (Å²) in [4.78, 5) is 0. The molecule has 0 saturated heterocycles. The highest BCUT2D eigenvalue weighted by atomic mass is 32.1. The van der Waals surface area contributed by atoms with E-state index in [-0.39, 0.29) is 5.60 Å². The average Bonchev–Trinajstić information content (AvgIpc) is 2.48. The third-order valence-corrected chi connectivity index (χ3v) is 4.73. The lowest BCUT2D eigenvalue weighted by molar-refractivity contribution is -0.0405. The number of nitrogens with zero attached hydrogens (tertiary/aromatic N) is 2. The summed E-state index contributed by atoms with van der Waals surface area (Å²) in [5.41, 5.74) is 10.3. The van der Waals surface area contributed by atoms with E-state index in [1.807, 2.05) is 45.0 Å². The molecule has 4 nitrogen and oxygen atoms in total. The van der Waals surface area contributed by atoms with E-state index in [0.717, 1.165) is 22.4 Å². The summed E-state index contributed by atoms with van der Waals surface area (Å²) in [6, 6.07) is 10.1. The molecule has 2 heterocycles. The molecule has 3 rings (SSSR count). The van der Waals surface area contributed by atoms with E-state index in [1.165, 1.54) is 0 Å². The van der Waals surface area contributed by atoms with Gasteiger partial charge >= 0.3 is 0 Å². The first kappa shape index (κ1) is 15.7. The molecule has 0 saturated carbocycles. The second-order valence-corrected chi connectivity index (χ2v) is 6.87. The van der Waals surface area contributed by atoms with E-state index < -0.39 is 0 Å². The summed E-state index contributed by atoms with van der Waals surface area (Å²) in [7, 11) is 0. The number of anilines is 1. The Morgan fingerprint density at radius 2 is 2.00 bits per heavy atom. The number of nitrogens with two attached hydrogens (primary N) is 1. The second kappa shape index (κ2) is 5.48. The van der Waals surface area contributed by atoms with E-state index in [0.29, 0.717) is 29.0 Å². The van der Waals surface area contributed by atoms with Gasteiger partial charge in [-0.05, 0) is 38.0 Å². The molecular weight excluding hydrogens is 306 g/mol. The van der Waals surface area contributed by atoms with E-state index in [4.69, 9.17) is 22.7 Å². The Kier molecular flexibility index (Phi) is 3.75. The predicted octanol–water partition coefficient (Wildman–Crippen LogP) is 3.82. The standard InChI is InChI=1S/C18H19N3OS/c1-11-6-4-5-7-15(11)21-16(20)13(9-19)12-8-18(2,3)22-10-14(12)17(21)23/h4-7H,8,10,20H2,1-3H3. The van der Waals surface area contributed by atoms with Crippen LogP contribution in [0.3, 0.4) is 0 Å². The number of aromatic nitrogens is 1. The molecule has 1 aliphatic heterocycles. The first-order chi connectivity index (χ1) is 10.9. The Hall–Kier alpha value is -2.16. The molecule has 23 heavy (non-hydrogen) atoms. The lowest BCUT2D eigenvalue weighted by atomic mass is 9.89. The van der Waals surface area contributed by atoms with E-state index in [2.05, 4.69) is 6.07 Å². The number of ether oxygens (including phenoxy) is 1. The quantitative estimate of drug-likeness (QED) is 0.810. The Morgan fingerprint density at radius 1 is 1.30 bits per heavy atom. The van der Waals surface area contributed by atoms with Crippen molar-refractivity contribution in [2.24, 2.45) is 0 Å². The maximum atomic E-state index is 9.66. The van der Waals surface area contributed by atoms with Gasteiger partial charge in [0.15, 0.2) is 0 Å². The smallest absolute Gasteiger partial charge is 0.127 e. The molecule has 0 atom stereocenters. The van der Waals surface area contributed by atoms with E-state index >= 15 is 0 Å². The van der Waals surface area contributed by atoms with Gasteiger partial charge in [-0.3, -0.25) is 4.57 Å². The molecule has 0 spiro atoms. The fraction of sp³-hybridized carbons (Fsp3) is 0.333. The number of nitriles is 1. The van der Waals surface area contributed by atoms with E-state index in [9.17, 15) is 5.26 Å². The number of aryl methyl sites for hydroxylation is 1. The van der Waals surface area contributed by atoms with Gasteiger partial charge in [0.1, 0.15) is 16.5 Å². The molecular formula is C18H19N3OS. The van der Waals surface area contributed by atoms with Gasteiger partial charge in [0.25, 0.3) is 0 Å². The molecule has 2 N–H and O–H groups in total. The van der Waals surface area contributed by atoms with Crippen molar-refractivity contribution in [3.8, 4) is 11.8 Å². The Morgan fingerprint density at radius 3 is 2.65 bits per heavy atom. The molecule has 1 aromatic heterocycles. The molecule has 0 aliphatic carbocycles. The zero-order valence-corrected chi connectivity index (χ0v) is 14.3. The highest BCUT2D eigenvalue weighted by Crippen LogP contribution is 2.35. The first-order valence-electron chi connectivity index (χ1n) is 7.52. The number of hydrogen-bond donors (Lipinski definition) is 1. The minimum Gasteiger partial charge on any atom is -0.384 e. The molecule has 0 fully saturated rings. The molecule has 0 amide bonds. The Bertz CT molecular complexity index is 890. The molecule has 0 unspecified atom stereocenters. The van der Waals surface area contributed by atoms with Crippen LogP contribution in [0.2, 0.25) is 0 Å². The molecule has 118 valence electrons. The summed E-state index contributed by atoms with van der Waals surface area (Å²) in [5.74, 6) is 0.406. The lowest BCUT2D eigenvalue weighted by Gasteiger charge is -2.33. The average molecular weight is 325 g/mol. The molecule has 1 aromatic carbocycles. The third-order valence-electron chi connectivity index (χ3n) is 4.30. The lowest BCUT2D eigenvalue weighted by Crippen LogP contribution is -2.33. The fourth-order valence-corrected chi connectivity index (χ4v) is 3.44. The molecule has 5 heteroatoms. The van der Waals surface area contributed by atoms with Crippen molar-refractivity contribution in [3.05, 3.63) is 51.2 Å². The van der Waals surface area contributed by atoms with Crippen LogP contribution in [0.1, 0.15) is 36.1 Å². The number of hydrogen-bond acceptors (Lipinski definition) is 4. The molecule has 0 radical (unpaired) electrons.